The number of ether oxygens (including phenoxy) is 1. The molecular weight excluding hydrogens is 192 g/mol. The van der Waals surface area contributed by atoms with Crippen molar-refractivity contribution in [1.82, 2.24) is 4.98 Å². The van der Waals surface area contributed by atoms with Gasteiger partial charge in [0.2, 0.25) is 0 Å². The Morgan fingerprint density at radius 2 is 2.42 bits per heavy atom. The maximum Gasteiger partial charge on any atom is 0.119 e. The first-order valence-corrected chi connectivity index (χ1v) is 4.62. The van der Waals surface area contributed by atoms with Crippen LogP contribution in [0, 0.1) is 6.92 Å². The van der Waals surface area contributed by atoms with Crippen molar-refractivity contribution in [3.05, 3.63) is 15.6 Å². The molecular formula is C7H10N2OS2. The van der Waals surface area contributed by atoms with Crippen LogP contribution in [0.1, 0.15) is 15.6 Å². The predicted molar refractivity (Wildman–Crippen MR) is 53.5 cm³/mol. The average molecular weight is 202 g/mol. The van der Waals surface area contributed by atoms with Crippen molar-refractivity contribution in [2.75, 3.05) is 7.11 Å². The van der Waals surface area contributed by atoms with Crippen LogP contribution in [0.15, 0.2) is 0 Å². The lowest BCUT2D eigenvalue weighted by Gasteiger charge is -1.90. The molecule has 1 aromatic rings. The molecule has 0 bridgehead atoms. The number of hydrogen-bond donors (Lipinski definition) is 1. The number of methoxy groups -OCH3 is 1. The van der Waals surface area contributed by atoms with Crippen LogP contribution < -0.4 is 5.73 Å². The summed E-state index contributed by atoms with van der Waals surface area (Å²) in [6.45, 7) is 2.41. The number of nitrogens with two attached hydrogens (primary N) is 1. The van der Waals surface area contributed by atoms with Crippen LogP contribution >= 0.6 is 23.6 Å². The van der Waals surface area contributed by atoms with E-state index in [1.54, 1.807) is 7.11 Å². The topological polar surface area (TPSA) is 48.1 Å². The Morgan fingerprint density at radius 1 is 1.75 bits per heavy atom. The summed E-state index contributed by atoms with van der Waals surface area (Å²) in [6.07, 6.45) is 0. The lowest BCUT2D eigenvalue weighted by atomic mass is 10.4. The first-order chi connectivity index (χ1) is 5.65. The number of aromatic nitrogens is 1. The highest BCUT2D eigenvalue weighted by atomic mass is 32.1. The fourth-order valence-electron chi connectivity index (χ4n) is 0.866. The molecule has 1 heterocycles. The highest BCUT2D eigenvalue weighted by Crippen LogP contribution is 2.18. The number of thiazole rings is 1. The second-order valence-electron chi connectivity index (χ2n) is 2.32. The number of nitrogens with zero attached hydrogens (tertiary/aromatic N) is 1. The largest absolute Gasteiger partial charge is 0.389 e. The van der Waals surface area contributed by atoms with Gasteiger partial charge < -0.3 is 10.5 Å². The van der Waals surface area contributed by atoms with Gasteiger partial charge in [-0.15, -0.1) is 11.3 Å². The quantitative estimate of drug-likeness (QED) is 0.749. The Bertz CT molecular complexity index is 296. The lowest BCUT2D eigenvalue weighted by molar-refractivity contribution is 0.184. The van der Waals surface area contributed by atoms with Gasteiger partial charge in [-0.1, -0.05) is 12.2 Å². The number of rotatable bonds is 3. The molecule has 0 aliphatic carbocycles. The molecule has 0 aliphatic rings. The molecule has 0 atom stereocenters. The third-order valence-electron chi connectivity index (χ3n) is 1.33. The van der Waals surface area contributed by atoms with Crippen molar-refractivity contribution in [2.45, 2.75) is 13.5 Å². The van der Waals surface area contributed by atoms with Gasteiger partial charge in [0.05, 0.1) is 17.2 Å². The number of hydrogen-bond acceptors (Lipinski definition) is 4. The fraction of sp³-hybridized carbons (Fsp3) is 0.429. The van der Waals surface area contributed by atoms with Gasteiger partial charge in [-0.2, -0.15) is 0 Å². The summed E-state index contributed by atoms with van der Waals surface area (Å²) < 4.78 is 4.94. The minimum atomic E-state index is 0.410. The molecule has 0 radical (unpaired) electrons. The molecule has 66 valence electrons. The van der Waals surface area contributed by atoms with E-state index in [2.05, 4.69) is 4.98 Å². The van der Waals surface area contributed by atoms with Gasteiger partial charge in [0, 0.05) is 7.11 Å². The minimum Gasteiger partial charge on any atom is -0.389 e. The Balaban J connectivity index is 2.92. The van der Waals surface area contributed by atoms with E-state index < -0.39 is 0 Å². The van der Waals surface area contributed by atoms with Crippen molar-refractivity contribution in [3.8, 4) is 0 Å². The molecule has 0 amide bonds. The molecule has 1 rings (SSSR count). The van der Waals surface area contributed by atoms with E-state index in [0.717, 1.165) is 15.6 Å². The van der Waals surface area contributed by atoms with Gasteiger partial charge in [0.15, 0.2) is 0 Å². The second-order valence-corrected chi connectivity index (χ2v) is 3.84. The van der Waals surface area contributed by atoms with Crippen LogP contribution in [0.25, 0.3) is 0 Å². The summed E-state index contributed by atoms with van der Waals surface area (Å²) in [5.74, 6) is 0. The van der Waals surface area contributed by atoms with E-state index in [0.29, 0.717) is 11.6 Å². The van der Waals surface area contributed by atoms with E-state index in [-0.39, 0.29) is 0 Å². The normalized spacial score (nSPS) is 10.2. The van der Waals surface area contributed by atoms with E-state index in [4.69, 9.17) is 22.7 Å². The standard InChI is InChI=1S/C7H10N2OS2/c1-4-6(7(8)11)12-5(9-4)3-10-2/h3H2,1-2H3,(H2,8,11). The predicted octanol–water partition coefficient (Wildman–Crippen LogP) is 1.23. The zero-order valence-electron chi connectivity index (χ0n) is 6.96. The van der Waals surface area contributed by atoms with Gasteiger partial charge in [-0.25, -0.2) is 4.98 Å². The van der Waals surface area contributed by atoms with Crippen molar-refractivity contribution < 1.29 is 4.74 Å². The fourth-order valence-corrected chi connectivity index (χ4v) is 2.03. The first kappa shape index (κ1) is 9.57. The van der Waals surface area contributed by atoms with Gasteiger partial charge in [-0.3, -0.25) is 0 Å². The molecule has 0 saturated carbocycles. The Labute approximate surface area is 80.6 Å². The molecule has 0 saturated heterocycles. The minimum absolute atomic E-state index is 0.410. The van der Waals surface area contributed by atoms with Gasteiger partial charge in [0.25, 0.3) is 0 Å². The summed E-state index contributed by atoms with van der Waals surface area (Å²) in [6, 6.07) is 0. The Morgan fingerprint density at radius 3 is 2.83 bits per heavy atom. The summed E-state index contributed by atoms with van der Waals surface area (Å²) in [7, 11) is 1.64. The zero-order chi connectivity index (χ0) is 9.14. The molecule has 12 heavy (non-hydrogen) atoms. The zero-order valence-corrected chi connectivity index (χ0v) is 8.59. The Kier molecular flexibility index (Phi) is 3.13. The average Bonchev–Trinajstić information content (AvgIpc) is 2.32. The third kappa shape index (κ3) is 2.00. The van der Waals surface area contributed by atoms with Crippen LogP contribution in [0.2, 0.25) is 0 Å². The summed E-state index contributed by atoms with van der Waals surface area (Å²) in [5.41, 5.74) is 6.37. The molecule has 2 N–H and O–H groups in total. The van der Waals surface area contributed by atoms with Gasteiger partial charge in [-0.05, 0) is 6.92 Å². The van der Waals surface area contributed by atoms with Gasteiger partial charge >= 0.3 is 0 Å². The maximum absolute atomic E-state index is 5.49. The Hall–Kier alpha value is -0.520. The van der Waals surface area contributed by atoms with Crippen molar-refractivity contribution in [3.63, 3.8) is 0 Å². The number of thiocarbonyl (C=S) groups is 1. The summed E-state index contributed by atoms with van der Waals surface area (Å²) in [5, 5.41) is 0.915. The first-order valence-electron chi connectivity index (χ1n) is 3.40. The van der Waals surface area contributed by atoms with Gasteiger partial charge in [0.1, 0.15) is 10.00 Å². The van der Waals surface area contributed by atoms with E-state index in [1.807, 2.05) is 6.92 Å². The van der Waals surface area contributed by atoms with E-state index in [1.165, 1.54) is 11.3 Å². The molecule has 0 aliphatic heterocycles. The summed E-state index contributed by atoms with van der Waals surface area (Å²) in [4.78, 5) is 5.54. The summed E-state index contributed by atoms with van der Waals surface area (Å²) >= 11 is 6.34. The van der Waals surface area contributed by atoms with Crippen molar-refractivity contribution in [2.24, 2.45) is 5.73 Å². The van der Waals surface area contributed by atoms with Crippen molar-refractivity contribution >= 4 is 28.5 Å². The second kappa shape index (κ2) is 3.93. The van der Waals surface area contributed by atoms with E-state index in [9.17, 15) is 0 Å². The highest BCUT2D eigenvalue weighted by molar-refractivity contribution is 7.81. The maximum atomic E-state index is 5.49. The molecule has 5 heteroatoms. The van der Waals surface area contributed by atoms with Crippen molar-refractivity contribution in [1.29, 1.82) is 0 Å². The lowest BCUT2D eigenvalue weighted by Crippen LogP contribution is -2.08. The molecule has 0 fully saturated rings. The SMILES string of the molecule is COCc1nc(C)c(C(N)=S)s1. The molecule has 0 spiro atoms. The van der Waals surface area contributed by atoms with Crippen LogP contribution in [0.4, 0.5) is 0 Å². The van der Waals surface area contributed by atoms with Crippen LogP contribution in [-0.2, 0) is 11.3 Å². The van der Waals surface area contributed by atoms with Crippen LogP contribution in [0.3, 0.4) is 0 Å². The molecule has 1 aromatic heterocycles. The highest BCUT2D eigenvalue weighted by Gasteiger charge is 2.08. The van der Waals surface area contributed by atoms with Crippen LogP contribution in [-0.4, -0.2) is 17.1 Å². The third-order valence-corrected chi connectivity index (χ3v) is 2.83. The van der Waals surface area contributed by atoms with Crippen LogP contribution in [0.5, 0.6) is 0 Å². The van der Waals surface area contributed by atoms with E-state index >= 15 is 0 Å². The monoisotopic (exact) mass is 202 g/mol. The smallest absolute Gasteiger partial charge is 0.119 e. The molecule has 0 aromatic carbocycles. The molecule has 3 nitrogen and oxygen atoms in total. The number of aryl methyl sites for hydroxylation is 1. The molecule has 0 unspecified atom stereocenters.